The van der Waals surface area contributed by atoms with Crippen LogP contribution >= 0.6 is 11.6 Å². The second-order valence-corrected chi connectivity index (χ2v) is 5.78. The third kappa shape index (κ3) is 3.71. The molecule has 0 aliphatic heterocycles. The fraction of sp³-hybridized carbons (Fsp3) is 0.769. The van der Waals surface area contributed by atoms with Crippen LogP contribution in [0.2, 0.25) is 5.02 Å². The molecule has 1 heterocycles. The summed E-state index contributed by atoms with van der Waals surface area (Å²) in [5.41, 5.74) is 3.24. The smallest absolute Gasteiger partial charge is 0.0930 e. The Morgan fingerprint density at radius 1 is 1.60 bits per heavy atom. The molecule has 1 aromatic heterocycles. The fourth-order valence-electron chi connectivity index (χ4n) is 2.14. The zero-order valence-electron chi connectivity index (χ0n) is 13.0. The number of halogens is 1. The lowest BCUT2D eigenvalue weighted by molar-refractivity contribution is -0.0323. The van der Waals surface area contributed by atoms with E-state index in [1.165, 1.54) is 0 Å². The molecule has 0 aliphatic rings. The summed E-state index contributed by atoms with van der Waals surface area (Å²) < 4.78 is 7.54. The van der Waals surface area contributed by atoms with Gasteiger partial charge < -0.3 is 9.64 Å². The third-order valence-electron chi connectivity index (χ3n) is 3.81. The summed E-state index contributed by atoms with van der Waals surface area (Å²) in [4.78, 5) is 2.10. The number of methoxy groups -OCH3 is 1. The predicted molar refractivity (Wildman–Crippen MR) is 81.6 cm³/mol. The number of rotatable bonds is 8. The molecule has 7 heteroatoms. The van der Waals surface area contributed by atoms with E-state index < -0.39 is 5.60 Å². The maximum Gasteiger partial charge on any atom is 0.0930 e. The minimum Gasteiger partial charge on any atom is -0.376 e. The first-order valence-corrected chi connectivity index (χ1v) is 7.14. The predicted octanol–water partition coefficient (Wildman–Crippen LogP) is 1.42. The van der Waals surface area contributed by atoms with Crippen LogP contribution in [0.4, 0.5) is 0 Å². The third-order valence-corrected chi connectivity index (χ3v) is 4.10. The van der Waals surface area contributed by atoms with Crippen LogP contribution in [0.25, 0.3) is 0 Å². The monoisotopic (exact) mass is 303 g/mol. The van der Waals surface area contributed by atoms with E-state index in [1.807, 2.05) is 25.7 Å². The lowest BCUT2D eigenvalue weighted by Crippen LogP contribution is -2.47. The lowest BCUT2D eigenvalue weighted by atomic mass is 9.91. The Balaban J connectivity index is 3.11. The average Bonchev–Trinajstić information content (AvgIpc) is 2.78. The van der Waals surface area contributed by atoms with Crippen LogP contribution in [0, 0.1) is 0 Å². The summed E-state index contributed by atoms with van der Waals surface area (Å²) in [7, 11) is 5.73. The van der Waals surface area contributed by atoms with E-state index in [0.29, 0.717) is 5.02 Å². The first kappa shape index (κ1) is 17.4. The molecule has 1 rings (SSSR count). The first-order chi connectivity index (χ1) is 9.39. The molecule has 0 radical (unpaired) electrons. The molecular weight excluding hydrogens is 278 g/mol. The summed E-state index contributed by atoms with van der Waals surface area (Å²) >= 11 is 6.31. The van der Waals surface area contributed by atoms with Crippen molar-refractivity contribution in [2.24, 2.45) is 5.84 Å². The van der Waals surface area contributed by atoms with E-state index in [2.05, 4.69) is 22.3 Å². The van der Waals surface area contributed by atoms with Gasteiger partial charge in [0, 0.05) is 13.7 Å². The molecule has 0 aromatic carbocycles. The van der Waals surface area contributed by atoms with E-state index >= 15 is 0 Å². The summed E-state index contributed by atoms with van der Waals surface area (Å²) in [5, 5.41) is 4.95. The van der Waals surface area contributed by atoms with Gasteiger partial charge in [0.15, 0.2) is 0 Å². The molecule has 0 bridgehead atoms. The minimum absolute atomic E-state index is 0.227. The molecule has 2 atom stereocenters. The summed E-state index contributed by atoms with van der Waals surface area (Å²) in [6.45, 7) is 5.69. The Bertz CT molecular complexity index is 417. The van der Waals surface area contributed by atoms with Crippen molar-refractivity contribution < 1.29 is 4.74 Å². The molecule has 0 amide bonds. The van der Waals surface area contributed by atoms with Gasteiger partial charge >= 0.3 is 0 Å². The Morgan fingerprint density at radius 2 is 2.25 bits per heavy atom. The van der Waals surface area contributed by atoms with Crippen molar-refractivity contribution in [3.8, 4) is 0 Å². The van der Waals surface area contributed by atoms with Crippen LogP contribution < -0.4 is 11.3 Å². The molecule has 20 heavy (non-hydrogen) atoms. The van der Waals surface area contributed by atoms with Gasteiger partial charge in [0.25, 0.3) is 0 Å². The SMILES string of the molecule is CCC(C)(OC)C(NN)c1c(Cl)cnn1CCN(C)C. The highest BCUT2D eigenvalue weighted by Gasteiger charge is 2.36. The van der Waals surface area contributed by atoms with Crippen molar-refractivity contribution in [2.45, 2.75) is 38.5 Å². The summed E-state index contributed by atoms with van der Waals surface area (Å²) in [5.74, 6) is 5.75. The van der Waals surface area contributed by atoms with Gasteiger partial charge in [-0.2, -0.15) is 5.10 Å². The number of aromatic nitrogens is 2. The number of likely N-dealkylation sites (N-methyl/N-ethyl adjacent to an activating group) is 1. The van der Waals surface area contributed by atoms with Gasteiger partial charge in [-0.25, -0.2) is 5.43 Å². The first-order valence-electron chi connectivity index (χ1n) is 6.76. The molecule has 0 aliphatic carbocycles. The van der Waals surface area contributed by atoms with Gasteiger partial charge in [-0.3, -0.25) is 10.5 Å². The Hall–Kier alpha value is -0.660. The van der Waals surface area contributed by atoms with E-state index in [4.69, 9.17) is 22.2 Å². The van der Waals surface area contributed by atoms with Crippen molar-refractivity contribution >= 4 is 11.6 Å². The Labute approximate surface area is 126 Å². The number of hydrogen-bond acceptors (Lipinski definition) is 5. The van der Waals surface area contributed by atoms with Gasteiger partial charge in [0.05, 0.1) is 35.1 Å². The highest BCUT2D eigenvalue weighted by Crippen LogP contribution is 2.34. The van der Waals surface area contributed by atoms with E-state index in [1.54, 1.807) is 13.3 Å². The van der Waals surface area contributed by atoms with Crippen LogP contribution in [0.3, 0.4) is 0 Å². The van der Waals surface area contributed by atoms with Crippen LogP contribution in [0.1, 0.15) is 32.0 Å². The van der Waals surface area contributed by atoms with Crippen molar-refractivity contribution in [2.75, 3.05) is 27.7 Å². The summed E-state index contributed by atoms with van der Waals surface area (Å²) in [6, 6.07) is -0.227. The average molecular weight is 304 g/mol. The molecule has 3 N–H and O–H groups in total. The van der Waals surface area contributed by atoms with Gasteiger partial charge in [0.2, 0.25) is 0 Å². The molecule has 6 nitrogen and oxygen atoms in total. The van der Waals surface area contributed by atoms with Crippen LogP contribution in [-0.2, 0) is 11.3 Å². The number of hydrazine groups is 1. The van der Waals surface area contributed by atoms with Crippen molar-refractivity contribution in [3.05, 3.63) is 16.9 Å². The lowest BCUT2D eigenvalue weighted by Gasteiger charge is -2.35. The zero-order chi connectivity index (χ0) is 15.3. The van der Waals surface area contributed by atoms with Gasteiger partial charge in [-0.05, 0) is 27.4 Å². The molecule has 0 saturated heterocycles. The normalized spacial score (nSPS) is 16.4. The Morgan fingerprint density at radius 3 is 2.70 bits per heavy atom. The van der Waals surface area contributed by atoms with Gasteiger partial charge in [-0.1, -0.05) is 18.5 Å². The topological polar surface area (TPSA) is 68.3 Å². The molecule has 0 fully saturated rings. The minimum atomic E-state index is -0.450. The number of nitrogens with two attached hydrogens (primary N) is 1. The molecule has 1 aromatic rings. The van der Waals surface area contributed by atoms with Crippen molar-refractivity contribution in [3.63, 3.8) is 0 Å². The van der Waals surface area contributed by atoms with Crippen LogP contribution in [0.5, 0.6) is 0 Å². The number of nitrogens with zero attached hydrogens (tertiary/aromatic N) is 3. The largest absolute Gasteiger partial charge is 0.376 e. The molecule has 116 valence electrons. The second kappa shape index (κ2) is 7.38. The molecule has 0 spiro atoms. The highest BCUT2D eigenvalue weighted by molar-refractivity contribution is 6.31. The number of ether oxygens (including phenoxy) is 1. The van der Waals surface area contributed by atoms with Crippen molar-refractivity contribution in [1.29, 1.82) is 0 Å². The number of hydrogen-bond donors (Lipinski definition) is 2. The number of nitrogens with one attached hydrogen (secondary N) is 1. The van der Waals surface area contributed by atoms with E-state index in [0.717, 1.165) is 25.2 Å². The standard InChI is InChI=1S/C13H26ClN5O/c1-6-13(2,20-5)12(17-15)11-10(14)9-16-19(11)8-7-18(3)4/h9,12,17H,6-8,15H2,1-5H3. The van der Waals surface area contributed by atoms with Crippen LogP contribution in [0.15, 0.2) is 6.20 Å². The molecular formula is C13H26ClN5O. The fourth-order valence-corrected chi connectivity index (χ4v) is 2.39. The van der Waals surface area contributed by atoms with Gasteiger partial charge in [0.1, 0.15) is 0 Å². The van der Waals surface area contributed by atoms with Crippen molar-refractivity contribution in [1.82, 2.24) is 20.1 Å². The van der Waals surface area contributed by atoms with E-state index in [-0.39, 0.29) is 6.04 Å². The quantitative estimate of drug-likeness (QED) is 0.561. The second-order valence-electron chi connectivity index (χ2n) is 5.37. The molecule has 2 unspecified atom stereocenters. The highest BCUT2D eigenvalue weighted by atomic mass is 35.5. The summed E-state index contributed by atoms with van der Waals surface area (Å²) in [6.07, 6.45) is 2.45. The Kier molecular flexibility index (Phi) is 6.42. The van der Waals surface area contributed by atoms with Crippen LogP contribution in [-0.4, -0.2) is 48.0 Å². The van der Waals surface area contributed by atoms with Gasteiger partial charge in [-0.15, -0.1) is 0 Å². The maximum absolute atomic E-state index is 6.31. The zero-order valence-corrected chi connectivity index (χ0v) is 13.7. The molecule has 0 saturated carbocycles. The maximum atomic E-state index is 6.31. The van der Waals surface area contributed by atoms with E-state index in [9.17, 15) is 0 Å².